The predicted molar refractivity (Wildman–Crippen MR) is 137 cm³/mol. The zero-order chi connectivity index (χ0) is 22.7. The molecule has 5 heterocycles. The molecule has 0 amide bonds. The third-order valence-corrected chi connectivity index (χ3v) is 7.96. The van der Waals surface area contributed by atoms with Crippen LogP contribution in [0.3, 0.4) is 0 Å². The second kappa shape index (κ2) is 9.91. The second-order valence-electron chi connectivity index (χ2n) is 9.00. The Balaban J connectivity index is 1.11. The second-order valence-corrected chi connectivity index (χ2v) is 10.3. The number of ether oxygens (including phenoxy) is 1. The first-order chi connectivity index (χ1) is 16.8. The van der Waals surface area contributed by atoms with Gasteiger partial charge in [-0.05, 0) is 49.1 Å². The lowest BCUT2D eigenvalue weighted by Gasteiger charge is -2.27. The lowest BCUT2D eigenvalue weighted by Crippen LogP contribution is -2.38. The molecule has 10 heteroatoms. The van der Waals surface area contributed by atoms with Crippen LogP contribution in [-0.2, 0) is 4.74 Å². The van der Waals surface area contributed by atoms with Crippen molar-refractivity contribution in [3.05, 3.63) is 42.7 Å². The maximum Gasteiger partial charge on any atom is 0.141 e. The summed E-state index contributed by atoms with van der Waals surface area (Å²) in [6, 6.07) is 10.1. The van der Waals surface area contributed by atoms with Crippen molar-refractivity contribution in [2.24, 2.45) is 5.92 Å². The van der Waals surface area contributed by atoms with E-state index in [1.54, 1.807) is 0 Å². The van der Waals surface area contributed by atoms with Gasteiger partial charge in [0, 0.05) is 13.1 Å². The Labute approximate surface area is 203 Å². The molecule has 3 fully saturated rings. The van der Waals surface area contributed by atoms with E-state index in [0.717, 1.165) is 66.3 Å². The number of fused-ring (bicyclic) bond motifs is 1. The molecule has 178 valence electrons. The lowest BCUT2D eigenvalue weighted by molar-refractivity contribution is 0.122. The van der Waals surface area contributed by atoms with E-state index in [1.807, 2.05) is 54.5 Å². The van der Waals surface area contributed by atoms with Crippen LogP contribution in [0.25, 0.3) is 11.0 Å². The fourth-order valence-corrected chi connectivity index (χ4v) is 6.08. The van der Waals surface area contributed by atoms with Gasteiger partial charge in [-0.2, -0.15) is 0 Å². The van der Waals surface area contributed by atoms with E-state index in [0.29, 0.717) is 5.37 Å². The first-order valence-electron chi connectivity index (χ1n) is 12.1. The molecule has 1 saturated carbocycles. The third kappa shape index (κ3) is 4.90. The Morgan fingerprint density at radius 3 is 2.62 bits per heavy atom. The van der Waals surface area contributed by atoms with Crippen LogP contribution in [0, 0.1) is 5.92 Å². The van der Waals surface area contributed by atoms with E-state index in [-0.39, 0.29) is 5.50 Å². The molecular weight excluding hydrogens is 448 g/mol. The highest BCUT2D eigenvalue weighted by Crippen LogP contribution is 2.36. The fraction of sp³-hybridized carbons (Fsp3) is 0.458. The first kappa shape index (κ1) is 21.8. The van der Waals surface area contributed by atoms with E-state index < -0.39 is 0 Å². The van der Waals surface area contributed by atoms with Crippen LogP contribution < -0.4 is 26.4 Å². The smallest absolute Gasteiger partial charge is 0.141 e. The van der Waals surface area contributed by atoms with Crippen molar-refractivity contribution in [1.29, 1.82) is 0 Å². The largest absolute Gasteiger partial charge is 0.378 e. The monoisotopic (exact) mass is 478 g/mol. The third-order valence-electron chi connectivity index (χ3n) is 6.66. The van der Waals surface area contributed by atoms with Gasteiger partial charge in [0.05, 0.1) is 53.4 Å². The molecule has 0 aromatic carbocycles. The van der Waals surface area contributed by atoms with E-state index in [9.17, 15) is 0 Å². The van der Waals surface area contributed by atoms with Crippen LogP contribution in [0.1, 0.15) is 25.7 Å². The average Bonchev–Trinajstić information content (AvgIpc) is 3.57. The minimum absolute atomic E-state index is 0.0980. The van der Waals surface area contributed by atoms with Crippen molar-refractivity contribution in [3.8, 4) is 0 Å². The van der Waals surface area contributed by atoms with Gasteiger partial charge in [-0.15, -0.1) is 0 Å². The molecule has 3 aliphatic rings. The van der Waals surface area contributed by atoms with Crippen molar-refractivity contribution in [3.63, 3.8) is 0 Å². The molecule has 3 aromatic heterocycles. The Hall–Kier alpha value is -2.66. The number of pyridine rings is 3. The number of hydrogen-bond donors (Lipinski definition) is 4. The van der Waals surface area contributed by atoms with Gasteiger partial charge in [0.2, 0.25) is 0 Å². The molecule has 9 nitrogen and oxygen atoms in total. The highest BCUT2D eigenvalue weighted by Gasteiger charge is 2.32. The molecule has 34 heavy (non-hydrogen) atoms. The van der Waals surface area contributed by atoms with Gasteiger partial charge in [0.25, 0.3) is 0 Å². The molecule has 4 N–H and O–H groups in total. The number of morpholine rings is 1. The van der Waals surface area contributed by atoms with Gasteiger partial charge in [-0.25, -0.2) is 20.8 Å². The van der Waals surface area contributed by atoms with Gasteiger partial charge in [0.15, 0.2) is 0 Å². The highest BCUT2D eigenvalue weighted by molar-refractivity contribution is 8.00. The van der Waals surface area contributed by atoms with Crippen molar-refractivity contribution >= 4 is 45.8 Å². The summed E-state index contributed by atoms with van der Waals surface area (Å²) in [5.74, 6) is 2.57. The molecule has 2 atom stereocenters. The quantitative estimate of drug-likeness (QED) is 0.420. The number of thioether (sulfide) groups is 1. The fourth-order valence-electron chi connectivity index (χ4n) is 4.83. The van der Waals surface area contributed by atoms with Crippen molar-refractivity contribution in [1.82, 2.24) is 25.8 Å². The molecule has 2 unspecified atom stereocenters. The zero-order valence-electron chi connectivity index (χ0n) is 19.0. The maximum atomic E-state index is 5.42. The molecule has 2 saturated heterocycles. The topological polar surface area (TPSA) is 99.3 Å². The molecular formula is C24H30N8OS. The Bertz CT molecular complexity index is 1120. The minimum Gasteiger partial charge on any atom is -0.378 e. The van der Waals surface area contributed by atoms with Gasteiger partial charge in [0.1, 0.15) is 17.1 Å². The zero-order valence-corrected chi connectivity index (χ0v) is 19.9. The average molecular weight is 479 g/mol. The van der Waals surface area contributed by atoms with Crippen LogP contribution in [0.15, 0.2) is 42.7 Å². The van der Waals surface area contributed by atoms with Crippen molar-refractivity contribution < 1.29 is 4.74 Å². The molecule has 3 aromatic rings. The van der Waals surface area contributed by atoms with Gasteiger partial charge in [-0.3, -0.25) is 4.98 Å². The highest BCUT2D eigenvalue weighted by atomic mass is 32.2. The normalized spacial score (nSPS) is 23.5. The summed E-state index contributed by atoms with van der Waals surface area (Å²) in [5.41, 5.74) is 10.4. The maximum absolute atomic E-state index is 5.42. The number of nitrogens with one attached hydrogen (secondary N) is 4. The van der Waals surface area contributed by atoms with E-state index in [4.69, 9.17) is 9.72 Å². The van der Waals surface area contributed by atoms with Crippen LogP contribution in [0.5, 0.6) is 0 Å². The predicted octanol–water partition coefficient (Wildman–Crippen LogP) is 3.66. The Morgan fingerprint density at radius 2 is 1.79 bits per heavy atom. The van der Waals surface area contributed by atoms with Gasteiger partial charge in [-0.1, -0.05) is 24.6 Å². The molecule has 2 aliphatic heterocycles. The Kier molecular flexibility index (Phi) is 6.37. The van der Waals surface area contributed by atoms with Crippen LogP contribution in [-0.4, -0.2) is 52.1 Å². The summed E-state index contributed by atoms with van der Waals surface area (Å²) < 4.78 is 5.42. The van der Waals surface area contributed by atoms with Crippen molar-refractivity contribution in [2.75, 3.05) is 41.8 Å². The lowest BCUT2D eigenvalue weighted by atomic mass is 10.1. The van der Waals surface area contributed by atoms with Crippen LogP contribution in [0.4, 0.5) is 23.0 Å². The molecule has 0 radical (unpaired) electrons. The summed E-state index contributed by atoms with van der Waals surface area (Å²) in [7, 11) is 0. The standard InChI is InChI=1S/C24H30N8OS/c1-2-4-16(3-1)23-30-31-24(34-23)29-21-7-6-19-20(28-21)13-18(15-25-19)27-17-5-8-22(26-14-17)32-9-11-33-12-10-32/h5-8,13-16,23-24,27,30-31H,1-4,9-12H2,(H,28,29). The molecule has 0 bridgehead atoms. The number of anilines is 4. The minimum atomic E-state index is 0.0980. The number of nitrogens with zero attached hydrogens (tertiary/aromatic N) is 4. The van der Waals surface area contributed by atoms with Crippen LogP contribution >= 0.6 is 11.8 Å². The summed E-state index contributed by atoms with van der Waals surface area (Å²) in [5, 5.41) is 7.36. The summed E-state index contributed by atoms with van der Waals surface area (Å²) in [4.78, 5) is 16.2. The molecule has 1 aliphatic carbocycles. The SMILES string of the molecule is c1cc(N2CCOCC2)ncc1Nc1cnc2ccc(NC3NNC(C4CCCC4)S3)nc2c1. The van der Waals surface area contributed by atoms with E-state index >= 15 is 0 Å². The van der Waals surface area contributed by atoms with Gasteiger partial charge < -0.3 is 20.3 Å². The van der Waals surface area contributed by atoms with Crippen molar-refractivity contribution in [2.45, 2.75) is 36.6 Å². The van der Waals surface area contributed by atoms with E-state index in [1.165, 1.54) is 25.7 Å². The van der Waals surface area contributed by atoms with Crippen LogP contribution in [0.2, 0.25) is 0 Å². The number of hydrazine groups is 1. The summed E-state index contributed by atoms with van der Waals surface area (Å²) in [6.45, 7) is 3.26. The molecule has 6 rings (SSSR count). The number of hydrogen-bond acceptors (Lipinski definition) is 10. The molecule has 0 spiro atoms. The van der Waals surface area contributed by atoms with E-state index in [2.05, 4.69) is 36.4 Å². The summed E-state index contributed by atoms with van der Waals surface area (Å²) in [6.07, 6.45) is 9.03. The Morgan fingerprint density at radius 1 is 0.941 bits per heavy atom. The number of rotatable bonds is 6. The summed E-state index contributed by atoms with van der Waals surface area (Å²) >= 11 is 1.91. The van der Waals surface area contributed by atoms with Gasteiger partial charge >= 0.3 is 0 Å². The first-order valence-corrected chi connectivity index (χ1v) is 13.0. The number of aromatic nitrogens is 3.